The predicted octanol–water partition coefficient (Wildman–Crippen LogP) is 4.84. The first-order valence-corrected chi connectivity index (χ1v) is 13.3. The van der Waals surface area contributed by atoms with Crippen molar-refractivity contribution in [3.05, 3.63) is 47.8 Å². The maximum Gasteiger partial charge on any atom is 0.296 e. The Balaban J connectivity index is 1.94. The summed E-state index contributed by atoms with van der Waals surface area (Å²) in [5.74, 6) is 0.480. The topological polar surface area (TPSA) is 113 Å². The molecule has 2 aromatic rings. The van der Waals surface area contributed by atoms with Gasteiger partial charge in [-0.2, -0.15) is 8.42 Å². The van der Waals surface area contributed by atoms with Crippen LogP contribution in [0.1, 0.15) is 39.5 Å². The van der Waals surface area contributed by atoms with Crippen LogP contribution in [0, 0.1) is 0 Å². The van der Waals surface area contributed by atoms with E-state index in [2.05, 4.69) is 4.98 Å². The van der Waals surface area contributed by atoms with Gasteiger partial charge in [0.1, 0.15) is 22.4 Å². The molecule has 1 aliphatic heterocycles. The van der Waals surface area contributed by atoms with Crippen LogP contribution in [-0.4, -0.2) is 43.9 Å². The Kier molecular flexibility index (Phi) is 7.47. The Morgan fingerprint density at radius 3 is 2.49 bits per heavy atom. The number of rotatable bonds is 10. The van der Waals surface area contributed by atoms with Crippen LogP contribution >= 0.6 is 0 Å². The van der Waals surface area contributed by atoms with E-state index in [1.165, 1.54) is 6.07 Å². The fourth-order valence-electron chi connectivity index (χ4n) is 4.31. The lowest BCUT2D eigenvalue weighted by Gasteiger charge is -2.22. The highest BCUT2D eigenvalue weighted by Gasteiger charge is 2.23. The fourth-order valence-corrected chi connectivity index (χ4v) is 4.97. The summed E-state index contributed by atoms with van der Waals surface area (Å²) in [6.45, 7) is 5.88. The molecule has 0 amide bonds. The predicted molar refractivity (Wildman–Crippen MR) is 136 cm³/mol. The molecule has 0 atom stereocenters. The standard InChI is InChI=1S/C26H29N3O5S/c1-3-29(4-2)18-15-22-26(24(16-18)35(31,32)33)28-25-20-12-8-7-11-19(20)21(17-23(25)34-22)27-13-9-5-6-10-14-30/h7-8,11-12,14-17H,3-6,9-10,13H2,1-2H3,(H,31,32,33)/b27-21-. The van der Waals surface area contributed by atoms with Gasteiger partial charge in [0.2, 0.25) is 0 Å². The molecular formula is C26H29N3O5S. The largest absolute Gasteiger partial charge is 0.453 e. The summed E-state index contributed by atoms with van der Waals surface area (Å²) in [5, 5.41) is 2.43. The Morgan fingerprint density at radius 2 is 1.80 bits per heavy atom. The van der Waals surface area contributed by atoms with Gasteiger partial charge in [0.05, 0.1) is 5.36 Å². The number of aromatic nitrogens is 1. The van der Waals surface area contributed by atoms with Gasteiger partial charge in [0.25, 0.3) is 10.1 Å². The molecule has 184 valence electrons. The quantitative estimate of drug-likeness (QED) is 0.110. The minimum Gasteiger partial charge on any atom is -0.453 e. The smallest absolute Gasteiger partial charge is 0.296 e. The second-order valence-corrected chi connectivity index (χ2v) is 9.73. The number of fused-ring (bicyclic) bond motifs is 4. The summed E-state index contributed by atoms with van der Waals surface area (Å²) < 4.78 is 40.8. The van der Waals surface area contributed by atoms with Crippen molar-refractivity contribution >= 4 is 44.0 Å². The van der Waals surface area contributed by atoms with Crippen LogP contribution in [0.4, 0.5) is 5.69 Å². The van der Waals surface area contributed by atoms with E-state index in [1.807, 2.05) is 49.1 Å². The minimum atomic E-state index is -4.54. The highest BCUT2D eigenvalue weighted by molar-refractivity contribution is 7.86. The number of anilines is 1. The first-order valence-electron chi connectivity index (χ1n) is 11.8. The summed E-state index contributed by atoms with van der Waals surface area (Å²) in [6.07, 6.45) is 4.16. The minimum absolute atomic E-state index is 0.0842. The second-order valence-electron chi connectivity index (χ2n) is 8.34. The molecule has 0 unspecified atom stereocenters. The summed E-state index contributed by atoms with van der Waals surface area (Å²) >= 11 is 0. The zero-order valence-electron chi connectivity index (χ0n) is 19.9. The molecule has 0 fully saturated rings. The van der Waals surface area contributed by atoms with Gasteiger partial charge in [0.15, 0.2) is 11.3 Å². The third kappa shape index (κ3) is 5.21. The molecule has 35 heavy (non-hydrogen) atoms. The third-order valence-electron chi connectivity index (χ3n) is 6.10. The summed E-state index contributed by atoms with van der Waals surface area (Å²) in [5.41, 5.74) is 1.48. The number of benzene rings is 3. The van der Waals surface area contributed by atoms with Crippen molar-refractivity contribution < 1.29 is 22.2 Å². The first kappa shape index (κ1) is 24.8. The van der Waals surface area contributed by atoms with Crippen LogP contribution in [0.3, 0.4) is 0 Å². The zero-order chi connectivity index (χ0) is 25.0. The van der Waals surface area contributed by atoms with Crippen LogP contribution in [0.15, 0.2) is 56.8 Å². The number of aldehydes is 1. The van der Waals surface area contributed by atoms with E-state index < -0.39 is 10.1 Å². The van der Waals surface area contributed by atoms with Crippen LogP contribution in [-0.2, 0) is 14.9 Å². The maximum absolute atomic E-state index is 12.3. The molecule has 9 heteroatoms. The van der Waals surface area contributed by atoms with Gasteiger partial charge in [-0.3, -0.25) is 9.55 Å². The molecule has 4 rings (SSSR count). The van der Waals surface area contributed by atoms with Crippen molar-refractivity contribution in [2.45, 2.75) is 44.4 Å². The van der Waals surface area contributed by atoms with Crippen molar-refractivity contribution in [3.8, 4) is 11.5 Å². The van der Waals surface area contributed by atoms with Gasteiger partial charge >= 0.3 is 0 Å². The Hall–Kier alpha value is -3.30. The van der Waals surface area contributed by atoms with E-state index in [9.17, 15) is 17.8 Å². The van der Waals surface area contributed by atoms with E-state index in [1.54, 1.807) is 6.07 Å². The van der Waals surface area contributed by atoms with E-state index in [-0.39, 0.29) is 16.0 Å². The molecule has 0 saturated heterocycles. The molecule has 2 aromatic carbocycles. The summed E-state index contributed by atoms with van der Waals surface area (Å²) in [7, 11) is -4.54. The molecule has 1 heterocycles. The van der Waals surface area contributed by atoms with Gasteiger partial charge in [-0.25, -0.2) is 4.98 Å². The highest BCUT2D eigenvalue weighted by Crippen LogP contribution is 2.35. The molecule has 0 radical (unpaired) electrons. The second kappa shape index (κ2) is 10.5. The van der Waals surface area contributed by atoms with Crippen LogP contribution in [0.2, 0.25) is 0 Å². The van der Waals surface area contributed by atoms with Crippen molar-refractivity contribution in [2.24, 2.45) is 4.99 Å². The van der Waals surface area contributed by atoms with E-state index in [0.29, 0.717) is 43.2 Å². The van der Waals surface area contributed by atoms with Crippen molar-refractivity contribution in [1.29, 1.82) is 0 Å². The molecule has 1 aliphatic carbocycles. The lowest BCUT2D eigenvalue weighted by Crippen LogP contribution is -2.22. The van der Waals surface area contributed by atoms with Gasteiger partial charge in [-0.15, -0.1) is 0 Å². The monoisotopic (exact) mass is 495 g/mol. The molecule has 8 nitrogen and oxygen atoms in total. The molecule has 0 saturated carbocycles. The SMILES string of the molecule is CCN(CC)c1cc(S(=O)(=O)O)c2nc3c4ccccc4/c(=N\CCCCCC=O)cc-3oc2c1. The zero-order valence-corrected chi connectivity index (χ0v) is 20.7. The Labute approximate surface area is 204 Å². The maximum atomic E-state index is 12.3. The van der Waals surface area contributed by atoms with Crippen LogP contribution in [0.5, 0.6) is 0 Å². The number of hydrogen-bond acceptors (Lipinski definition) is 7. The molecule has 0 spiro atoms. The summed E-state index contributed by atoms with van der Waals surface area (Å²) in [4.78, 5) is 21.6. The van der Waals surface area contributed by atoms with Gasteiger partial charge in [-0.1, -0.05) is 30.7 Å². The average Bonchev–Trinajstić information content (AvgIpc) is 2.84. The van der Waals surface area contributed by atoms with Crippen molar-refractivity contribution in [2.75, 3.05) is 24.5 Å². The molecule has 1 N–H and O–H groups in total. The summed E-state index contributed by atoms with van der Waals surface area (Å²) in [6, 6.07) is 12.6. The molecular weight excluding hydrogens is 466 g/mol. The van der Waals surface area contributed by atoms with Gasteiger partial charge < -0.3 is 14.1 Å². The lowest BCUT2D eigenvalue weighted by atomic mass is 10.0. The molecule has 0 bridgehead atoms. The Morgan fingerprint density at radius 1 is 1.06 bits per heavy atom. The van der Waals surface area contributed by atoms with Crippen LogP contribution < -0.4 is 10.3 Å². The third-order valence-corrected chi connectivity index (χ3v) is 6.96. The Bertz CT molecular complexity index is 1510. The number of carbonyl (C=O) groups is 1. The van der Waals surface area contributed by atoms with Gasteiger partial charge in [0, 0.05) is 54.6 Å². The number of unbranched alkanes of at least 4 members (excludes halogenated alkanes) is 3. The van der Waals surface area contributed by atoms with E-state index in [0.717, 1.165) is 41.7 Å². The van der Waals surface area contributed by atoms with Gasteiger partial charge in [-0.05, 0) is 32.8 Å². The van der Waals surface area contributed by atoms with E-state index >= 15 is 0 Å². The average molecular weight is 496 g/mol. The molecule has 0 aromatic heterocycles. The first-order chi connectivity index (χ1) is 16.9. The number of carbonyl (C=O) groups excluding carboxylic acids is 1. The van der Waals surface area contributed by atoms with Crippen molar-refractivity contribution in [1.82, 2.24) is 4.98 Å². The lowest BCUT2D eigenvalue weighted by molar-refractivity contribution is -0.107. The van der Waals surface area contributed by atoms with Crippen LogP contribution in [0.25, 0.3) is 33.3 Å². The molecule has 2 aliphatic rings. The fraction of sp³-hybridized carbons (Fsp3) is 0.346. The normalized spacial score (nSPS) is 12.6. The number of hydrogen-bond donors (Lipinski definition) is 1. The van der Waals surface area contributed by atoms with Crippen molar-refractivity contribution in [3.63, 3.8) is 0 Å². The highest BCUT2D eigenvalue weighted by atomic mass is 32.2. The van der Waals surface area contributed by atoms with E-state index in [4.69, 9.17) is 9.41 Å². The number of nitrogens with zero attached hydrogens (tertiary/aromatic N) is 3.